The van der Waals surface area contributed by atoms with Crippen LogP contribution in [0, 0.1) is 0 Å². The largest absolute Gasteiger partial charge is 0.497 e. The standard InChI is InChI=1S/C27H19Cl2N3O5/c1-36-18-12-9-17(10-13-18)27(35)37-23-14-11-16-5-2-3-6-19(16)20(23)15-30-32-26(34)25(33)31-22-8-4-7-21(28)24(22)29/h2-15H,1H3,(H,31,33)(H,32,34)/b30-15-. The van der Waals surface area contributed by atoms with Crippen LogP contribution in [-0.4, -0.2) is 31.1 Å². The van der Waals surface area contributed by atoms with Crippen molar-refractivity contribution in [3.05, 3.63) is 100 Å². The van der Waals surface area contributed by atoms with Crippen LogP contribution in [0.4, 0.5) is 5.69 Å². The van der Waals surface area contributed by atoms with Crippen LogP contribution in [0.25, 0.3) is 10.8 Å². The van der Waals surface area contributed by atoms with Gasteiger partial charge in [0.15, 0.2) is 0 Å². The lowest BCUT2D eigenvalue weighted by Gasteiger charge is -2.11. The van der Waals surface area contributed by atoms with Crippen LogP contribution >= 0.6 is 23.2 Å². The van der Waals surface area contributed by atoms with Crippen LogP contribution < -0.4 is 20.2 Å². The van der Waals surface area contributed by atoms with E-state index in [2.05, 4.69) is 15.8 Å². The minimum atomic E-state index is -1.04. The van der Waals surface area contributed by atoms with Crippen molar-refractivity contribution < 1.29 is 23.9 Å². The molecule has 0 saturated heterocycles. The third-order valence-electron chi connectivity index (χ3n) is 5.22. The number of hydrogen-bond donors (Lipinski definition) is 2. The molecule has 0 bridgehead atoms. The molecule has 4 aromatic carbocycles. The Labute approximate surface area is 221 Å². The van der Waals surface area contributed by atoms with E-state index >= 15 is 0 Å². The number of rotatable bonds is 6. The van der Waals surface area contributed by atoms with Crippen molar-refractivity contribution in [2.24, 2.45) is 5.10 Å². The number of hydrogen-bond acceptors (Lipinski definition) is 6. The van der Waals surface area contributed by atoms with E-state index in [9.17, 15) is 14.4 Å². The maximum Gasteiger partial charge on any atom is 0.343 e. The Hall–Kier alpha value is -4.40. The van der Waals surface area contributed by atoms with Gasteiger partial charge in [-0.25, -0.2) is 10.2 Å². The minimum absolute atomic E-state index is 0.105. The summed E-state index contributed by atoms with van der Waals surface area (Å²) in [6.45, 7) is 0. The molecule has 0 aliphatic heterocycles. The zero-order valence-electron chi connectivity index (χ0n) is 19.3. The summed E-state index contributed by atoms with van der Waals surface area (Å²) < 4.78 is 10.7. The van der Waals surface area contributed by atoms with Gasteiger partial charge in [-0.05, 0) is 53.2 Å². The Bertz CT molecular complexity index is 1520. The molecule has 2 N–H and O–H groups in total. The first kappa shape index (κ1) is 25.7. The summed E-state index contributed by atoms with van der Waals surface area (Å²) in [6.07, 6.45) is 1.30. The molecule has 4 rings (SSSR count). The van der Waals surface area contributed by atoms with E-state index in [0.29, 0.717) is 16.9 Å². The highest BCUT2D eigenvalue weighted by molar-refractivity contribution is 6.45. The molecule has 0 radical (unpaired) electrons. The van der Waals surface area contributed by atoms with Crippen LogP contribution in [-0.2, 0) is 9.59 Å². The Morgan fingerprint density at radius 2 is 1.62 bits per heavy atom. The molecular weight excluding hydrogens is 517 g/mol. The smallest absolute Gasteiger partial charge is 0.343 e. The molecule has 0 aliphatic rings. The van der Waals surface area contributed by atoms with Crippen molar-refractivity contribution in [3.63, 3.8) is 0 Å². The number of esters is 1. The number of hydrazone groups is 1. The van der Waals surface area contributed by atoms with Crippen molar-refractivity contribution in [1.29, 1.82) is 0 Å². The molecule has 186 valence electrons. The number of halogens is 2. The number of carbonyl (C=O) groups is 3. The monoisotopic (exact) mass is 535 g/mol. The summed E-state index contributed by atoms with van der Waals surface area (Å²) in [6, 6.07) is 21.9. The zero-order chi connectivity index (χ0) is 26.4. The zero-order valence-corrected chi connectivity index (χ0v) is 20.8. The summed E-state index contributed by atoms with van der Waals surface area (Å²) in [5.74, 6) is -1.80. The van der Waals surface area contributed by atoms with E-state index in [1.807, 2.05) is 24.3 Å². The number of amides is 2. The molecule has 0 unspecified atom stereocenters. The minimum Gasteiger partial charge on any atom is -0.497 e. The number of fused-ring (bicyclic) bond motifs is 1. The predicted molar refractivity (Wildman–Crippen MR) is 143 cm³/mol. The predicted octanol–water partition coefficient (Wildman–Crippen LogP) is 5.46. The molecule has 0 saturated carbocycles. The van der Waals surface area contributed by atoms with Crippen LogP contribution in [0.5, 0.6) is 11.5 Å². The van der Waals surface area contributed by atoms with Crippen LogP contribution in [0.1, 0.15) is 15.9 Å². The highest BCUT2D eigenvalue weighted by atomic mass is 35.5. The van der Waals surface area contributed by atoms with Gasteiger partial charge in [-0.15, -0.1) is 0 Å². The average Bonchev–Trinajstić information content (AvgIpc) is 2.92. The number of carbonyl (C=O) groups excluding carboxylic acids is 3. The highest BCUT2D eigenvalue weighted by Gasteiger charge is 2.17. The second-order valence-electron chi connectivity index (χ2n) is 7.57. The molecule has 0 fully saturated rings. The van der Waals surface area contributed by atoms with Crippen LogP contribution in [0.15, 0.2) is 84.0 Å². The molecule has 4 aromatic rings. The fourth-order valence-corrected chi connectivity index (χ4v) is 3.72. The van der Waals surface area contributed by atoms with Crippen molar-refractivity contribution in [2.45, 2.75) is 0 Å². The first-order chi connectivity index (χ1) is 17.9. The third kappa shape index (κ3) is 6.06. The molecule has 2 amide bonds. The fraction of sp³-hybridized carbons (Fsp3) is 0.0370. The number of nitrogens with one attached hydrogen (secondary N) is 2. The first-order valence-electron chi connectivity index (χ1n) is 10.8. The quantitative estimate of drug-likeness (QED) is 0.112. The van der Waals surface area contributed by atoms with E-state index in [0.717, 1.165) is 10.8 Å². The van der Waals surface area contributed by atoms with Gasteiger partial charge >= 0.3 is 17.8 Å². The van der Waals surface area contributed by atoms with E-state index < -0.39 is 17.8 Å². The third-order valence-corrected chi connectivity index (χ3v) is 6.04. The molecule has 37 heavy (non-hydrogen) atoms. The number of methoxy groups -OCH3 is 1. The van der Waals surface area contributed by atoms with Crippen LogP contribution in [0.2, 0.25) is 10.0 Å². The van der Waals surface area contributed by atoms with Gasteiger partial charge < -0.3 is 14.8 Å². The number of benzene rings is 4. The van der Waals surface area contributed by atoms with Crippen LogP contribution in [0.3, 0.4) is 0 Å². The lowest BCUT2D eigenvalue weighted by Crippen LogP contribution is -2.32. The number of ether oxygens (including phenoxy) is 2. The van der Waals surface area contributed by atoms with Crippen molar-refractivity contribution >= 4 is 63.7 Å². The molecule has 0 heterocycles. The summed E-state index contributed by atoms with van der Waals surface area (Å²) in [5, 5.41) is 8.18. The van der Waals surface area contributed by atoms with Gasteiger partial charge in [-0.1, -0.05) is 59.6 Å². The van der Waals surface area contributed by atoms with Gasteiger partial charge in [-0.3, -0.25) is 9.59 Å². The number of anilines is 1. The molecule has 0 aliphatic carbocycles. The summed E-state index contributed by atoms with van der Waals surface area (Å²) in [7, 11) is 1.53. The van der Waals surface area contributed by atoms with Gasteiger partial charge in [0.05, 0.1) is 34.6 Å². The lowest BCUT2D eigenvalue weighted by molar-refractivity contribution is -0.136. The number of nitrogens with zero attached hydrogens (tertiary/aromatic N) is 1. The van der Waals surface area contributed by atoms with Crippen molar-refractivity contribution in [1.82, 2.24) is 5.43 Å². The SMILES string of the molecule is COc1ccc(C(=O)Oc2ccc3ccccc3c2/C=N\NC(=O)C(=O)Nc2cccc(Cl)c2Cl)cc1. The summed E-state index contributed by atoms with van der Waals surface area (Å²) >= 11 is 12.0. The van der Waals surface area contributed by atoms with Gasteiger partial charge in [0.1, 0.15) is 11.5 Å². The maximum absolute atomic E-state index is 12.7. The molecule has 10 heteroatoms. The molecule has 0 atom stereocenters. The Kier molecular flexibility index (Phi) is 8.02. The average molecular weight is 536 g/mol. The first-order valence-corrected chi connectivity index (χ1v) is 11.6. The van der Waals surface area contributed by atoms with E-state index in [-0.39, 0.29) is 21.5 Å². The van der Waals surface area contributed by atoms with Gasteiger partial charge in [0, 0.05) is 5.56 Å². The van der Waals surface area contributed by atoms with Crippen molar-refractivity contribution in [3.8, 4) is 11.5 Å². The Morgan fingerprint density at radius 3 is 2.38 bits per heavy atom. The van der Waals surface area contributed by atoms with Gasteiger partial charge in [0.2, 0.25) is 0 Å². The van der Waals surface area contributed by atoms with Crippen molar-refractivity contribution in [2.75, 3.05) is 12.4 Å². The normalized spacial score (nSPS) is 10.8. The molecule has 0 aromatic heterocycles. The molecular formula is C27H19Cl2N3O5. The van der Waals surface area contributed by atoms with E-state index in [4.69, 9.17) is 32.7 Å². The van der Waals surface area contributed by atoms with E-state index in [1.54, 1.807) is 48.5 Å². The Balaban J connectivity index is 1.54. The topological polar surface area (TPSA) is 106 Å². The van der Waals surface area contributed by atoms with Gasteiger partial charge in [-0.2, -0.15) is 5.10 Å². The summed E-state index contributed by atoms with van der Waals surface area (Å²) in [5.41, 5.74) is 3.09. The summed E-state index contributed by atoms with van der Waals surface area (Å²) in [4.78, 5) is 37.3. The molecule has 0 spiro atoms. The van der Waals surface area contributed by atoms with E-state index in [1.165, 1.54) is 19.4 Å². The van der Waals surface area contributed by atoms with Gasteiger partial charge in [0.25, 0.3) is 0 Å². The second-order valence-corrected chi connectivity index (χ2v) is 8.36. The second kappa shape index (κ2) is 11.6. The lowest BCUT2D eigenvalue weighted by atomic mass is 10.0. The fourth-order valence-electron chi connectivity index (χ4n) is 3.37. The maximum atomic E-state index is 12.7. The molecule has 8 nitrogen and oxygen atoms in total. The Morgan fingerprint density at radius 1 is 0.865 bits per heavy atom. The highest BCUT2D eigenvalue weighted by Crippen LogP contribution is 2.30.